The van der Waals surface area contributed by atoms with Crippen molar-refractivity contribution < 1.29 is 4.74 Å². The molecule has 3 heterocycles. The number of nitrogens with zero attached hydrogens (tertiary/aromatic N) is 4. The zero-order valence-electron chi connectivity index (χ0n) is 13.2. The van der Waals surface area contributed by atoms with Crippen LogP contribution in [-0.4, -0.2) is 38.7 Å². The topological polar surface area (TPSA) is 66.9 Å². The van der Waals surface area contributed by atoms with Crippen LogP contribution < -0.4 is 0 Å². The van der Waals surface area contributed by atoms with Crippen molar-refractivity contribution in [2.45, 2.75) is 45.4 Å². The number of piperidine rings is 1. The van der Waals surface area contributed by atoms with E-state index in [9.17, 15) is 0 Å². The molecule has 2 aromatic heterocycles. The molecule has 0 unspecified atom stereocenters. The van der Waals surface area contributed by atoms with E-state index >= 15 is 0 Å². The summed E-state index contributed by atoms with van der Waals surface area (Å²) in [6, 6.07) is 4.36. The molecule has 0 radical (unpaired) electrons. The van der Waals surface area contributed by atoms with Gasteiger partial charge in [0.05, 0.1) is 11.7 Å². The molecule has 0 saturated carbocycles. The Kier molecular flexibility index (Phi) is 4.80. The van der Waals surface area contributed by atoms with Gasteiger partial charge in [-0.2, -0.15) is 5.10 Å². The average molecular weight is 301 g/mol. The van der Waals surface area contributed by atoms with E-state index in [-0.39, 0.29) is 6.04 Å². The Morgan fingerprint density at radius 3 is 3.14 bits per heavy atom. The summed E-state index contributed by atoms with van der Waals surface area (Å²) in [6.07, 6.45) is 5.40. The Morgan fingerprint density at radius 2 is 2.32 bits per heavy atom. The first-order valence-electron chi connectivity index (χ1n) is 7.82. The average Bonchev–Trinajstić information content (AvgIpc) is 2.99. The molecule has 0 amide bonds. The number of H-pyrrole nitrogens is 1. The Balaban J connectivity index is 1.77. The Hall–Kier alpha value is -1.79. The van der Waals surface area contributed by atoms with Gasteiger partial charge >= 0.3 is 0 Å². The normalized spacial score (nSPS) is 19.5. The third kappa shape index (κ3) is 3.34. The van der Waals surface area contributed by atoms with Gasteiger partial charge in [-0.05, 0) is 37.9 Å². The van der Waals surface area contributed by atoms with Crippen LogP contribution in [0.3, 0.4) is 0 Å². The molecule has 1 atom stereocenters. The molecule has 6 heteroatoms. The highest BCUT2D eigenvalue weighted by Gasteiger charge is 2.27. The molecular weight excluding hydrogens is 278 g/mol. The number of aryl methyl sites for hydroxylation is 1. The zero-order chi connectivity index (χ0) is 15.4. The highest BCUT2D eigenvalue weighted by atomic mass is 16.5. The molecule has 1 aliphatic rings. The summed E-state index contributed by atoms with van der Waals surface area (Å²) in [5.41, 5.74) is 2.38. The molecule has 1 fully saturated rings. The largest absolute Gasteiger partial charge is 0.377 e. The minimum Gasteiger partial charge on any atom is -0.377 e. The lowest BCUT2D eigenvalue weighted by molar-refractivity contribution is 0.131. The highest BCUT2D eigenvalue weighted by Crippen LogP contribution is 2.30. The lowest BCUT2D eigenvalue weighted by Crippen LogP contribution is -2.34. The number of aromatic amines is 1. The number of ether oxygens (including phenoxy) is 1. The monoisotopic (exact) mass is 301 g/mol. The lowest BCUT2D eigenvalue weighted by atomic mass is 10.0. The van der Waals surface area contributed by atoms with Gasteiger partial charge < -0.3 is 4.74 Å². The number of hydrogen-bond acceptors (Lipinski definition) is 5. The lowest BCUT2D eigenvalue weighted by Gasteiger charge is -2.33. The predicted octanol–water partition coefficient (Wildman–Crippen LogP) is 2.38. The summed E-state index contributed by atoms with van der Waals surface area (Å²) < 4.78 is 5.11. The van der Waals surface area contributed by atoms with E-state index < -0.39 is 0 Å². The summed E-state index contributed by atoms with van der Waals surface area (Å²) in [5, 5.41) is 7.37. The van der Waals surface area contributed by atoms with Crippen molar-refractivity contribution in [2.24, 2.45) is 0 Å². The minimum atomic E-state index is 0.261. The number of pyridine rings is 1. The second-order valence-electron chi connectivity index (χ2n) is 5.82. The molecule has 0 aromatic carbocycles. The van der Waals surface area contributed by atoms with Crippen LogP contribution in [0.2, 0.25) is 0 Å². The van der Waals surface area contributed by atoms with Gasteiger partial charge in [-0.25, -0.2) is 4.98 Å². The molecule has 3 rings (SSSR count). The molecule has 0 aliphatic carbocycles. The van der Waals surface area contributed by atoms with Gasteiger partial charge in [-0.15, -0.1) is 0 Å². The highest BCUT2D eigenvalue weighted by molar-refractivity contribution is 5.18. The van der Waals surface area contributed by atoms with Gasteiger partial charge in [0.25, 0.3) is 0 Å². The van der Waals surface area contributed by atoms with E-state index in [1.165, 1.54) is 18.4 Å². The number of aromatic nitrogens is 4. The van der Waals surface area contributed by atoms with Crippen LogP contribution in [0.15, 0.2) is 18.3 Å². The fourth-order valence-electron chi connectivity index (χ4n) is 3.01. The maximum absolute atomic E-state index is 5.11. The van der Waals surface area contributed by atoms with E-state index in [2.05, 4.69) is 38.1 Å². The molecule has 22 heavy (non-hydrogen) atoms. The van der Waals surface area contributed by atoms with Crippen LogP contribution in [0.4, 0.5) is 0 Å². The van der Waals surface area contributed by atoms with Crippen molar-refractivity contribution in [3.63, 3.8) is 0 Å². The minimum absolute atomic E-state index is 0.261. The fourth-order valence-corrected chi connectivity index (χ4v) is 3.01. The van der Waals surface area contributed by atoms with Crippen LogP contribution >= 0.6 is 0 Å². The second kappa shape index (κ2) is 6.98. The van der Waals surface area contributed by atoms with E-state index in [0.29, 0.717) is 6.61 Å². The molecule has 118 valence electrons. The summed E-state index contributed by atoms with van der Waals surface area (Å²) in [7, 11) is 1.67. The van der Waals surface area contributed by atoms with Crippen LogP contribution in [0.25, 0.3) is 0 Å². The number of methoxy groups -OCH3 is 1. The van der Waals surface area contributed by atoms with Crippen molar-refractivity contribution in [1.82, 2.24) is 25.1 Å². The van der Waals surface area contributed by atoms with Gasteiger partial charge in [-0.3, -0.25) is 15.0 Å². The van der Waals surface area contributed by atoms with Crippen molar-refractivity contribution >= 4 is 0 Å². The van der Waals surface area contributed by atoms with E-state index in [0.717, 1.165) is 36.9 Å². The van der Waals surface area contributed by atoms with Crippen LogP contribution in [0.1, 0.15) is 48.2 Å². The van der Waals surface area contributed by atoms with Gasteiger partial charge in [0.1, 0.15) is 6.61 Å². The smallest absolute Gasteiger partial charge is 0.167 e. The number of likely N-dealkylation sites (tertiary alicyclic amines) is 1. The summed E-state index contributed by atoms with van der Waals surface area (Å²) in [4.78, 5) is 11.6. The third-order valence-corrected chi connectivity index (χ3v) is 4.21. The van der Waals surface area contributed by atoms with Gasteiger partial charge in [0, 0.05) is 19.9 Å². The maximum Gasteiger partial charge on any atom is 0.167 e. The van der Waals surface area contributed by atoms with E-state index in [4.69, 9.17) is 4.74 Å². The first-order valence-corrected chi connectivity index (χ1v) is 7.82. The fraction of sp³-hybridized carbons (Fsp3) is 0.562. The molecule has 1 aliphatic heterocycles. The third-order valence-electron chi connectivity index (χ3n) is 4.21. The summed E-state index contributed by atoms with van der Waals surface area (Å²) in [5.74, 6) is 1.66. The van der Waals surface area contributed by atoms with Crippen molar-refractivity contribution in [3.8, 4) is 0 Å². The van der Waals surface area contributed by atoms with Crippen molar-refractivity contribution in [1.29, 1.82) is 0 Å². The Labute approximate surface area is 130 Å². The Bertz CT molecular complexity index is 612. The first-order chi connectivity index (χ1) is 10.8. The Morgan fingerprint density at radius 1 is 1.41 bits per heavy atom. The summed E-state index contributed by atoms with van der Waals surface area (Å²) in [6.45, 7) is 4.50. The quantitative estimate of drug-likeness (QED) is 0.918. The number of hydrogen-bond donors (Lipinski definition) is 1. The van der Waals surface area contributed by atoms with Gasteiger partial charge in [0.15, 0.2) is 11.6 Å². The van der Waals surface area contributed by atoms with Crippen molar-refractivity contribution in [2.75, 3.05) is 13.7 Å². The number of rotatable bonds is 5. The molecule has 6 nitrogen and oxygen atoms in total. The second-order valence-corrected chi connectivity index (χ2v) is 5.82. The molecule has 2 aromatic rings. The number of nitrogens with one attached hydrogen (secondary N) is 1. The SMILES string of the molecule is COCc1nc([C@H]2CCCCN2Cc2ncccc2C)n[nH]1. The van der Waals surface area contributed by atoms with E-state index in [1.807, 2.05) is 12.3 Å². The molecule has 0 spiro atoms. The molecule has 1 saturated heterocycles. The molecular formula is C16H23N5O. The maximum atomic E-state index is 5.11. The van der Waals surface area contributed by atoms with Crippen LogP contribution in [0, 0.1) is 6.92 Å². The van der Waals surface area contributed by atoms with Crippen LogP contribution in [0.5, 0.6) is 0 Å². The van der Waals surface area contributed by atoms with Gasteiger partial charge in [-0.1, -0.05) is 12.5 Å². The van der Waals surface area contributed by atoms with Crippen LogP contribution in [-0.2, 0) is 17.9 Å². The van der Waals surface area contributed by atoms with Gasteiger partial charge in [0.2, 0.25) is 0 Å². The molecule has 1 N–H and O–H groups in total. The van der Waals surface area contributed by atoms with Crippen molar-refractivity contribution in [3.05, 3.63) is 41.2 Å². The summed E-state index contributed by atoms with van der Waals surface area (Å²) >= 11 is 0. The predicted molar refractivity (Wildman–Crippen MR) is 83.1 cm³/mol. The first kappa shape index (κ1) is 15.1. The zero-order valence-corrected chi connectivity index (χ0v) is 13.2. The standard InChI is InChI=1S/C16H23N5O/c1-12-6-5-8-17-13(12)10-21-9-4-3-7-14(21)16-18-15(11-22-2)19-20-16/h5-6,8,14H,3-4,7,9-11H2,1-2H3,(H,18,19,20)/t14-/m1/s1. The molecule has 0 bridgehead atoms. The van der Waals surface area contributed by atoms with E-state index in [1.54, 1.807) is 7.11 Å².